The number of fused-ring (bicyclic) bond motifs is 1. The molecule has 1 heterocycles. The van der Waals surface area contributed by atoms with E-state index >= 15 is 0 Å². The lowest BCUT2D eigenvalue weighted by Gasteiger charge is -2.10. The first-order valence-corrected chi connectivity index (χ1v) is 6.62. The zero-order valence-corrected chi connectivity index (χ0v) is 11.2. The molecule has 0 saturated heterocycles. The lowest BCUT2D eigenvalue weighted by atomic mass is 10.1. The third kappa shape index (κ3) is 2.80. The largest absolute Gasteiger partial charge is 0.508 e. The van der Waals surface area contributed by atoms with E-state index < -0.39 is 6.10 Å². The number of aliphatic hydroxyl groups excluding tert-OH is 1. The minimum atomic E-state index is -0.910. The van der Waals surface area contributed by atoms with Crippen molar-refractivity contribution < 1.29 is 14.6 Å². The highest BCUT2D eigenvalue weighted by atomic mass is 16.4. The van der Waals surface area contributed by atoms with Gasteiger partial charge in [-0.05, 0) is 17.7 Å². The van der Waals surface area contributed by atoms with Gasteiger partial charge in [-0.1, -0.05) is 30.3 Å². The average molecular weight is 282 g/mol. The molecule has 1 atom stereocenters. The molecular weight excluding hydrogens is 268 g/mol. The van der Waals surface area contributed by atoms with Crippen LogP contribution >= 0.6 is 0 Å². The van der Waals surface area contributed by atoms with Crippen LogP contribution in [0.1, 0.15) is 17.4 Å². The lowest BCUT2D eigenvalue weighted by Crippen LogP contribution is -2.08. The molecule has 0 amide bonds. The second kappa shape index (κ2) is 5.42. The van der Waals surface area contributed by atoms with Crippen molar-refractivity contribution in [2.24, 2.45) is 0 Å². The van der Waals surface area contributed by atoms with Crippen LogP contribution in [0.4, 0.5) is 0 Å². The third-order valence-electron chi connectivity index (χ3n) is 3.33. The molecule has 0 spiro atoms. The predicted octanol–water partition coefficient (Wildman–Crippen LogP) is 2.77. The van der Waals surface area contributed by atoms with E-state index in [2.05, 4.69) is 0 Å². The summed E-state index contributed by atoms with van der Waals surface area (Å²) in [6.45, 7) is 0. The zero-order chi connectivity index (χ0) is 14.8. The van der Waals surface area contributed by atoms with Crippen molar-refractivity contribution in [3.05, 3.63) is 76.1 Å². The van der Waals surface area contributed by atoms with E-state index in [0.29, 0.717) is 11.8 Å². The van der Waals surface area contributed by atoms with Gasteiger partial charge in [0.15, 0.2) is 5.43 Å². The fourth-order valence-corrected chi connectivity index (χ4v) is 2.26. The van der Waals surface area contributed by atoms with Crippen LogP contribution in [0.25, 0.3) is 11.0 Å². The summed E-state index contributed by atoms with van der Waals surface area (Å²) in [6, 6.07) is 15.1. The third-order valence-corrected chi connectivity index (χ3v) is 3.33. The Balaban J connectivity index is 1.98. The van der Waals surface area contributed by atoms with Crippen LogP contribution in [-0.4, -0.2) is 10.2 Å². The topological polar surface area (TPSA) is 70.7 Å². The minimum Gasteiger partial charge on any atom is -0.508 e. The Bertz CT molecular complexity index is 821. The number of phenolic OH excluding ortho intramolecular Hbond substituents is 1. The normalized spacial score (nSPS) is 12.4. The van der Waals surface area contributed by atoms with E-state index in [1.165, 1.54) is 24.3 Å². The summed E-state index contributed by atoms with van der Waals surface area (Å²) < 4.78 is 5.55. The summed E-state index contributed by atoms with van der Waals surface area (Å²) in [5, 5.41) is 20.1. The SMILES string of the molecule is O=c1cc(C(O)Cc2ccccc2)oc2cc(O)ccc12. The van der Waals surface area contributed by atoms with E-state index in [0.717, 1.165) is 5.56 Å². The molecule has 106 valence electrons. The molecular formula is C17H14O4. The van der Waals surface area contributed by atoms with Gasteiger partial charge in [0.25, 0.3) is 0 Å². The Labute approximate surface area is 120 Å². The Morgan fingerprint density at radius 1 is 1.05 bits per heavy atom. The maximum Gasteiger partial charge on any atom is 0.193 e. The van der Waals surface area contributed by atoms with Crippen LogP contribution < -0.4 is 5.43 Å². The average Bonchev–Trinajstić information content (AvgIpc) is 2.47. The molecule has 21 heavy (non-hydrogen) atoms. The van der Waals surface area contributed by atoms with Gasteiger partial charge in [0.2, 0.25) is 0 Å². The molecule has 0 radical (unpaired) electrons. The second-order valence-corrected chi connectivity index (χ2v) is 4.90. The molecule has 3 aromatic rings. The van der Waals surface area contributed by atoms with E-state index in [1.54, 1.807) is 0 Å². The summed E-state index contributed by atoms with van der Waals surface area (Å²) in [6.07, 6.45) is -0.555. The highest BCUT2D eigenvalue weighted by molar-refractivity contribution is 5.77. The molecule has 0 fully saturated rings. The first-order chi connectivity index (χ1) is 10.1. The van der Waals surface area contributed by atoms with Crippen molar-refractivity contribution in [1.82, 2.24) is 0 Å². The van der Waals surface area contributed by atoms with Crippen LogP contribution in [-0.2, 0) is 6.42 Å². The highest BCUT2D eigenvalue weighted by Gasteiger charge is 2.14. The number of aromatic hydroxyl groups is 1. The number of hydrogen-bond donors (Lipinski definition) is 2. The predicted molar refractivity (Wildman–Crippen MR) is 79.3 cm³/mol. The monoisotopic (exact) mass is 282 g/mol. The van der Waals surface area contributed by atoms with Crippen molar-refractivity contribution in [3.8, 4) is 5.75 Å². The lowest BCUT2D eigenvalue weighted by molar-refractivity contribution is 0.151. The summed E-state index contributed by atoms with van der Waals surface area (Å²) in [7, 11) is 0. The molecule has 2 N–H and O–H groups in total. The molecule has 4 nitrogen and oxygen atoms in total. The van der Waals surface area contributed by atoms with Gasteiger partial charge in [0.05, 0.1) is 5.39 Å². The van der Waals surface area contributed by atoms with E-state index in [1.807, 2.05) is 30.3 Å². The van der Waals surface area contributed by atoms with Crippen LogP contribution in [0.2, 0.25) is 0 Å². The molecule has 0 aliphatic heterocycles. The molecule has 0 bridgehead atoms. The quantitative estimate of drug-likeness (QED) is 0.775. The summed E-state index contributed by atoms with van der Waals surface area (Å²) in [4.78, 5) is 12.0. The van der Waals surface area contributed by atoms with E-state index in [9.17, 15) is 15.0 Å². The summed E-state index contributed by atoms with van der Waals surface area (Å²) >= 11 is 0. The molecule has 1 aromatic heterocycles. The van der Waals surface area contributed by atoms with Crippen molar-refractivity contribution in [2.45, 2.75) is 12.5 Å². The molecule has 2 aromatic carbocycles. The van der Waals surface area contributed by atoms with Crippen molar-refractivity contribution in [3.63, 3.8) is 0 Å². The van der Waals surface area contributed by atoms with Gasteiger partial charge in [-0.2, -0.15) is 0 Å². The molecule has 1 unspecified atom stereocenters. The van der Waals surface area contributed by atoms with Gasteiger partial charge in [0, 0.05) is 18.6 Å². The maximum absolute atomic E-state index is 12.0. The van der Waals surface area contributed by atoms with Crippen LogP contribution in [0.5, 0.6) is 5.75 Å². The summed E-state index contributed by atoms with van der Waals surface area (Å²) in [5.74, 6) is 0.210. The highest BCUT2D eigenvalue weighted by Crippen LogP contribution is 2.23. The van der Waals surface area contributed by atoms with Crippen molar-refractivity contribution in [2.75, 3.05) is 0 Å². The van der Waals surface area contributed by atoms with Gasteiger partial charge in [-0.3, -0.25) is 4.79 Å². The first-order valence-electron chi connectivity index (χ1n) is 6.62. The van der Waals surface area contributed by atoms with Gasteiger partial charge in [-0.25, -0.2) is 0 Å². The molecule has 4 heteroatoms. The number of hydrogen-bond acceptors (Lipinski definition) is 4. The second-order valence-electron chi connectivity index (χ2n) is 4.90. The van der Waals surface area contributed by atoms with Gasteiger partial charge < -0.3 is 14.6 Å². The van der Waals surface area contributed by atoms with E-state index in [4.69, 9.17) is 4.42 Å². The minimum absolute atomic E-state index is 0.0142. The standard InChI is InChI=1S/C17H14O4/c18-12-6-7-13-14(19)10-17(21-16(13)9-12)15(20)8-11-4-2-1-3-5-11/h1-7,9-10,15,18,20H,8H2. The van der Waals surface area contributed by atoms with Crippen LogP contribution in [0, 0.1) is 0 Å². The molecule has 0 aliphatic rings. The number of aliphatic hydroxyl groups is 1. The Kier molecular flexibility index (Phi) is 3.46. The van der Waals surface area contributed by atoms with Crippen LogP contribution in [0.3, 0.4) is 0 Å². The fourth-order valence-electron chi connectivity index (χ4n) is 2.26. The number of phenols is 1. The maximum atomic E-state index is 12.0. The van der Waals surface area contributed by atoms with Gasteiger partial charge in [-0.15, -0.1) is 0 Å². The Morgan fingerprint density at radius 3 is 2.57 bits per heavy atom. The zero-order valence-electron chi connectivity index (χ0n) is 11.2. The van der Waals surface area contributed by atoms with E-state index in [-0.39, 0.29) is 22.5 Å². The van der Waals surface area contributed by atoms with Gasteiger partial charge >= 0.3 is 0 Å². The number of benzene rings is 2. The Morgan fingerprint density at radius 2 is 1.81 bits per heavy atom. The molecule has 0 aliphatic carbocycles. The van der Waals surface area contributed by atoms with Crippen LogP contribution in [0.15, 0.2) is 63.8 Å². The fraction of sp³-hybridized carbons (Fsp3) is 0.118. The Hall–Kier alpha value is -2.59. The summed E-state index contributed by atoms with van der Waals surface area (Å²) in [5.41, 5.74) is 0.978. The van der Waals surface area contributed by atoms with Crippen molar-refractivity contribution in [1.29, 1.82) is 0 Å². The molecule has 0 saturated carbocycles. The molecule has 3 rings (SSSR count). The number of rotatable bonds is 3. The first kappa shape index (κ1) is 13.4. The smallest absolute Gasteiger partial charge is 0.193 e. The van der Waals surface area contributed by atoms with Crippen molar-refractivity contribution >= 4 is 11.0 Å². The van der Waals surface area contributed by atoms with Gasteiger partial charge in [0.1, 0.15) is 23.2 Å².